The summed E-state index contributed by atoms with van der Waals surface area (Å²) < 4.78 is 30.8. The average molecular weight is 286 g/mol. The lowest BCUT2D eigenvalue weighted by molar-refractivity contribution is -0.143. The number of rotatable bonds is 5. The Bertz CT molecular complexity index is 495. The largest absolute Gasteiger partial charge is 0.466 e. The van der Waals surface area contributed by atoms with E-state index in [-0.39, 0.29) is 25.3 Å². The number of amides is 2. The third-order valence-corrected chi connectivity index (χ3v) is 2.48. The van der Waals surface area contributed by atoms with Gasteiger partial charge in [0.05, 0.1) is 18.7 Å². The van der Waals surface area contributed by atoms with Crippen LogP contribution in [0, 0.1) is 11.6 Å². The fourth-order valence-electron chi connectivity index (χ4n) is 1.40. The quantitative estimate of drug-likeness (QED) is 0.845. The number of esters is 1. The molecule has 20 heavy (non-hydrogen) atoms. The maximum atomic E-state index is 13.3. The van der Waals surface area contributed by atoms with E-state index >= 15 is 0 Å². The van der Waals surface area contributed by atoms with E-state index < -0.39 is 23.6 Å². The summed E-state index contributed by atoms with van der Waals surface area (Å²) in [5.74, 6) is -2.01. The van der Waals surface area contributed by atoms with Crippen molar-refractivity contribution in [1.29, 1.82) is 0 Å². The van der Waals surface area contributed by atoms with E-state index in [1.807, 2.05) is 0 Å². The first-order valence-corrected chi connectivity index (χ1v) is 6.06. The molecular formula is C13H16F2N2O3. The van der Waals surface area contributed by atoms with Crippen LogP contribution in [0.1, 0.15) is 13.3 Å². The summed E-state index contributed by atoms with van der Waals surface area (Å²) in [5.41, 5.74) is -0.126. The number of benzene rings is 1. The third-order valence-electron chi connectivity index (χ3n) is 2.48. The monoisotopic (exact) mass is 286 g/mol. The molecule has 0 saturated carbocycles. The van der Waals surface area contributed by atoms with Crippen LogP contribution in [0.2, 0.25) is 0 Å². The van der Waals surface area contributed by atoms with Gasteiger partial charge in [-0.15, -0.1) is 0 Å². The normalized spacial score (nSPS) is 10.0. The second-order valence-corrected chi connectivity index (χ2v) is 4.03. The van der Waals surface area contributed by atoms with E-state index in [1.165, 1.54) is 11.9 Å². The Morgan fingerprint density at radius 2 is 2.05 bits per heavy atom. The number of hydrogen-bond acceptors (Lipinski definition) is 3. The number of nitrogens with zero attached hydrogens (tertiary/aromatic N) is 1. The van der Waals surface area contributed by atoms with Gasteiger partial charge in [-0.1, -0.05) is 0 Å². The van der Waals surface area contributed by atoms with Gasteiger partial charge in [0.2, 0.25) is 0 Å². The zero-order chi connectivity index (χ0) is 15.1. The van der Waals surface area contributed by atoms with Gasteiger partial charge in [0.1, 0.15) is 11.6 Å². The van der Waals surface area contributed by atoms with Crippen LogP contribution < -0.4 is 5.32 Å². The molecule has 2 amide bonds. The molecule has 0 aliphatic heterocycles. The zero-order valence-corrected chi connectivity index (χ0v) is 11.3. The highest BCUT2D eigenvalue weighted by Crippen LogP contribution is 2.15. The molecule has 0 heterocycles. The predicted molar refractivity (Wildman–Crippen MR) is 69.3 cm³/mol. The van der Waals surface area contributed by atoms with Crippen molar-refractivity contribution in [2.75, 3.05) is 25.5 Å². The lowest BCUT2D eigenvalue weighted by atomic mass is 10.3. The minimum atomic E-state index is -0.864. The van der Waals surface area contributed by atoms with Crippen LogP contribution in [-0.2, 0) is 9.53 Å². The Labute approximate surface area is 115 Å². The van der Waals surface area contributed by atoms with Gasteiger partial charge < -0.3 is 15.0 Å². The van der Waals surface area contributed by atoms with Crippen LogP contribution in [-0.4, -0.2) is 37.1 Å². The Morgan fingerprint density at radius 1 is 1.35 bits per heavy atom. The number of carbonyl (C=O) groups excluding carboxylic acids is 2. The van der Waals surface area contributed by atoms with Crippen LogP contribution in [0.15, 0.2) is 18.2 Å². The molecule has 5 nitrogen and oxygen atoms in total. The highest BCUT2D eigenvalue weighted by atomic mass is 19.1. The lowest BCUT2D eigenvalue weighted by Gasteiger charge is -2.17. The fourth-order valence-corrected chi connectivity index (χ4v) is 1.40. The van der Waals surface area contributed by atoms with Crippen molar-refractivity contribution < 1.29 is 23.1 Å². The first-order chi connectivity index (χ1) is 9.43. The highest BCUT2D eigenvalue weighted by molar-refractivity contribution is 5.89. The molecule has 0 aromatic heterocycles. The van der Waals surface area contributed by atoms with Gasteiger partial charge in [-0.3, -0.25) is 4.79 Å². The zero-order valence-electron chi connectivity index (χ0n) is 11.3. The Balaban J connectivity index is 2.51. The molecule has 1 aromatic rings. The molecule has 0 fully saturated rings. The third kappa shape index (κ3) is 4.83. The van der Waals surface area contributed by atoms with E-state index in [1.54, 1.807) is 6.92 Å². The fraction of sp³-hybridized carbons (Fsp3) is 0.385. The van der Waals surface area contributed by atoms with Gasteiger partial charge in [0, 0.05) is 19.7 Å². The molecular weight excluding hydrogens is 270 g/mol. The van der Waals surface area contributed by atoms with Crippen molar-refractivity contribution >= 4 is 17.7 Å². The molecule has 0 atom stereocenters. The highest BCUT2D eigenvalue weighted by Gasteiger charge is 2.13. The van der Waals surface area contributed by atoms with Crippen molar-refractivity contribution in [3.05, 3.63) is 29.8 Å². The van der Waals surface area contributed by atoms with E-state index in [4.69, 9.17) is 4.74 Å². The smallest absolute Gasteiger partial charge is 0.321 e. The molecule has 0 aliphatic carbocycles. The van der Waals surface area contributed by atoms with Gasteiger partial charge in [-0.25, -0.2) is 13.6 Å². The van der Waals surface area contributed by atoms with E-state index in [0.717, 1.165) is 12.1 Å². The molecule has 0 saturated heterocycles. The van der Waals surface area contributed by atoms with Gasteiger partial charge in [0.25, 0.3) is 0 Å². The maximum Gasteiger partial charge on any atom is 0.321 e. The summed E-state index contributed by atoms with van der Waals surface area (Å²) in [7, 11) is 1.45. The Kier molecular flexibility index (Phi) is 5.89. The number of ether oxygens (including phenoxy) is 1. The molecule has 0 unspecified atom stereocenters. The van der Waals surface area contributed by atoms with Crippen molar-refractivity contribution in [2.45, 2.75) is 13.3 Å². The summed E-state index contributed by atoms with van der Waals surface area (Å²) in [6, 6.07) is 2.24. The number of halogens is 2. The summed E-state index contributed by atoms with van der Waals surface area (Å²) in [4.78, 5) is 24.1. The Morgan fingerprint density at radius 3 is 2.65 bits per heavy atom. The first-order valence-electron chi connectivity index (χ1n) is 6.06. The van der Waals surface area contributed by atoms with Crippen LogP contribution in [0.5, 0.6) is 0 Å². The topological polar surface area (TPSA) is 58.6 Å². The molecule has 1 N–H and O–H groups in total. The van der Waals surface area contributed by atoms with Crippen molar-refractivity contribution in [2.24, 2.45) is 0 Å². The summed E-state index contributed by atoms with van der Waals surface area (Å²) in [5, 5.41) is 2.29. The number of nitrogens with one attached hydrogen (secondary N) is 1. The molecule has 0 radical (unpaired) electrons. The SMILES string of the molecule is CCOC(=O)CCN(C)C(=O)Nc1ccc(F)cc1F. The first kappa shape index (κ1) is 15.9. The summed E-state index contributed by atoms with van der Waals surface area (Å²) in [6.07, 6.45) is 0.0453. The Hall–Kier alpha value is -2.18. The molecule has 1 rings (SSSR count). The molecule has 0 bridgehead atoms. The van der Waals surface area contributed by atoms with Crippen LogP contribution in [0.4, 0.5) is 19.3 Å². The van der Waals surface area contributed by atoms with Gasteiger partial charge in [-0.2, -0.15) is 0 Å². The minimum absolute atomic E-state index is 0.0453. The second kappa shape index (κ2) is 7.42. The van der Waals surface area contributed by atoms with E-state index in [0.29, 0.717) is 6.07 Å². The number of urea groups is 1. The van der Waals surface area contributed by atoms with Gasteiger partial charge in [0.15, 0.2) is 0 Å². The van der Waals surface area contributed by atoms with Gasteiger partial charge >= 0.3 is 12.0 Å². The minimum Gasteiger partial charge on any atom is -0.466 e. The summed E-state index contributed by atoms with van der Waals surface area (Å²) >= 11 is 0. The average Bonchev–Trinajstić information content (AvgIpc) is 2.39. The lowest BCUT2D eigenvalue weighted by Crippen LogP contribution is -2.33. The van der Waals surface area contributed by atoms with Crippen molar-refractivity contribution in [1.82, 2.24) is 4.90 Å². The molecule has 1 aromatic carbocycles. The summed E-state index contributed by atoms with van der Waals surface area (Å²) in [6.45, 7) is 2.09. The molecule has 7 heteroatoms. The van der Waals surface area contributed by atoms with Crippen molar-refractivity contribution in [3.63, 3.8) is 0 Å². The van der Waals surface area contributed by atoms with Crippen LogP contribution >= 0.6 is 0 Å². The second-order valence-electron chi connectivity index (χ2n) is 4.03. The van der Waals surface area contributed by atoms with Gasteiger partial charge in [-0.05, 0) is 19.1 Å². The van der Waals surface area contributed by atoms with Crippen molar-refractivity contribution in [3.8, 4) is 0 Å². The number of anilines is 1. The van der Waals surface area contributed by atoms with E-state index in [9.17, 15) is 18.4 Å². The van der Waals surface area contributed by atoms with E-state index in [2.05, 4.69) is 5.32 Å². The molecule has 110 valence electrons. The number of carbonyl (C=O) groups is 2. The molecule has 0 aliphatic rings. The number of hydrogen-bond donors (Lipinski definition) is 1. The van der Waals surface area contributed by atoms with Crippen LogP contribution in [0.25, 0.3) is 0 Å². The van der Waals surface area contributed by atoms with Crippen LogP contribution in [0.3, 0.4) is 0 Å². The maximum absolute atomic E-state index is 13.3. The predicted octanol–water partition coefficient (Wildman–Crippen LogP) is 2.38. The standard InChI is InChI=1S/C13H16F2N2O3/c1-3-20-12(18)6-7-17(2)13(19)16-11-5-4-9(14)8-10(11)15/h4-5,8H,3,6-7H2,1-2H3,(H,16,19). The molecule has 0 spiro atoms.